The summed E-state index contributed by atoms with van der Waals surface area (Å²) in [5, 5.41) is 20.4. The third-order valence-electron chi connectivity index (χ3n) is 3.65. The van der Waals surface area contributed by atoms with Crippen LogP contribution in [0.5, 0.6) is 5.75 Å². The molecule has 0 spiro atoms. The zero-order valence-electron chi connectivity index (χ0n) is 12.8. The largest absolute Gasteiger partial charge is 0.502 e. The van der Waals surface area contributed by atoms with E-state index in [0.29, 0.717) is 6.54 Å². The van der Waals surface area contributed by atoms with E-state index < -0.39 is 16.4 Å². The van der Waals surface area contributed by atoms with Gasteiger partial charge in [0.2, 0.25) is 0 Å². The molecule has 7 heteroatoms. The predicted molar refractivity (Wildman–Crippen MR) is 84.1 cm³/mol. The van der Waals surface area contributed by atoms with E-state index in [0.717, 1.165) is 17.7 Å². The van der Waals surface area contributed by atoms with Gasteiger partial charge in [-0.3, -0.25) is 19.9 Å². The molecule has 23 heavy (non-hydrogen) atoms. The molecule has 1 atom stereocenters. The Bertz CT molecular complexity index is 719. The molecular formula is C16H17N3O4. The Morgan fingerprint density at radius 3 is 2.70 bits per heavy atom. The highest BCUT2D eigenvalue weighted by Gasteiger charge is 2.23. The molecule has 1 N–H and O–H groups in total. The number of aromatic nitrogens is 1. The van der Waals surface area contributed by atoms with E-state index >= 15 is 0 Å². The third-order valence-corrected chi connectivity index (χ3v) is 3.65. The van der Waals surface area contributed by atoms with Crippen molar-refractivity contribution in [1.82, 2.24) is 9.88 Å². The number of carbonyl (C=O) groups excluding carboxylic acids is 1. The Hall–Kier alpha value is -2.96. The minimum atomic E-state index is -0.695. The van der Waals surface area contributed by atoms with Crippen LogP contribution in [0, 0.1) is 10.1 Å². The van der Waals surface area contributed by atoms with Gasteiger partial charge in [-0.1, -0.05) is 6.07 Å². The fourth-order valence-corrected chi connectivity index (χ4v) is 2.37. The summed E-state index contributed by atoms with van der Waals surface area (Å²) in [5.41, 5.74) is 0.657. The van der Waals surface area contributed by atoms with Crippen LogP contribution in [0.1, 0.15) is 35.8 Å². The van der Waals surface area contributed by atoms with Crippen molar-refractivity contribution in [3.63, 3.8) is 0 Å². The maximum atomic E-state index is 12.6. The third kappa shape index (κ3) is 3.45. The molecule has 0 aliphatic heterocycles. The molecule has 120 valence electrons. The molecule has 0 aliphatic carbocycles. The van der Waals surface area contributed by atoms with Crippen LogP contribution < -0.4 is 0 Å². The SMILES string of the molecule is CCN(C(=O)c1ccc([N+](=O)[O-])c(O)c1)C(C)c1cccnc1. The second-order valence-corrected chi connectivity index (χ2v) is 5.01. The summed E-state index contributed by atoms with van der Waals surface area (Å²) >= 11 is 0. The van der Waals surface area contributed by atoms with E-state index in [1.807, 2.05) is 19.9 Å². The lowest BCUT2D eigenvalue weighted by Gasteiger charge is -2.28. The highest BCUT2D eigenvalue weighted by Crippen LogP contribution is 2.28. The Kier molecular flexibility index (Phi) is 4.90. The van der Waals surface area contributed by atoms with Gasteiger partial charge < -0.3 is 10.0 Å². The van der Waals surface area contributed by atoms with Crippen LogP contribution in [0.4, 0.5) is 5.69 Å². The van der Waals surface area contributed by atoms with Crippen molar-refractivity contribution in [2.45, 2.75) is 19.9 Å². The lowest BCUT2D eigenvalue weighted by molar-refractivity contribution is -0.385. The average Bonchev–Trinajstić information content (AvgIpc) is 2.55. The normalized spacial score (nSPS) is 11.7. The Morgan fingerprint density at radius 1 is 1.43 bits per heavy atom. The minimum Gasteiger partial charge on any atom is -0.502 e. The summed E-state index contributed by atoms with van der Waals surface area (Å²) in [6.07, 6.45) is 3.34. The second-order valence-electron chi connectivity index (χ2n) is 5.01. The monoisotopic (exact) mass is 315 g/mol. The number of aromatic hydroxyl groups is 1. The molecule has 2 rings (SSSR count). The summed E-state index contributed by atoms with van der Waals surface area (Å²) in [5.74, 6) is -0.833. The number of phenols is 1. The number of benzene rings is 1. The van der Waals surface area contributed by atoms with E-state index in [4.69, 9.17) is 0 Å². The van der Waals surface area contributed by atoms with Gasteiger partial charge in [0.25, 0.3) is 5.91 Å². The molecule has 0 bridgehead atoms. The van der Waals surface area contributed by atoms with Crippen LogP contribution in [0.3, 0.4) is 0 Å². The molecule has 1 heterocycles. The van der Waals surface area contributed by atoms with Crippen LogP contribution >= 0.6 is 0 Å². The Morgan fingerprint density at radius 2 is 2.17 bits per heavy atom. The quantitative estimate of drug-likeness (QED) is 0.676. The number of phenolic OH excluding ortho intramolecular Hbond substituents is 1. The van der Waals surface area contributed by atoms with Gasteiger partial charge in [-0.15, -0.1) is 0 Å². The number of rotatable bonds is 5. The molecule has 0 saturated heterocycles. The zero-order chi connectivity index (χ0) is 17.0. The first-order valence-corrected chi connectivity index (χ1v) is 7.14. The van der Waals surface area contributed by atoms with Crippen molar-refractivity contribution < 1.29 is 14.8 Å². The number of nitro benzene ring substituents is 1. The number of carbonyl (C=O) groups is 1. The van der Waals surface area contributed by atoms with Crippen molar-refractivity contribution in [1.29, 1.82) is 0 Å². The zero-order valence-corrected chi connectivity index (χ0v) is 12.8. The summed E-state index contributed by atoms with van der Waals surface area (Å²) in [6.45, 7) is 4.17. The van der Waals surface area contributed by atoms with Gasteiger partial charge in [0.15, 0.2) is 5.75 Å². The smallest absolute Gasteiger partial charge is 0.310 e. The van der Waals surface area contributed by atoms with Gasteiger partial charge in [0, 0.05) is 30.6 Å². The van der Waals surface area contributed by atoms with Crippen molar-refractivity contribution in [3.05, 3.63) is 64.0 Å². The van der Waals surface area contributed by atoms with E-state index in [2.05, 4.69) is 4.98 Å². The van der Waals surface area contributed by atoms with Crippen molar-refractivity contribution >= 4 is 11.6 Å². The molecule has 1 aromatic carbocycles. The van der Waals surface area contributed by atoms with Gasteiger partial charge in [0.1, 0.15) is 0 Å². The molecule has 0 radical (unpaired) electrons. The van der Waals surface area contributed by atoms with Crippen molar-refractivity contribution in [2.75, 3.05) is 6.54 Å². The molecule has 1 unspecified atom stereocenters. The van der Waals surface area contributed by atoms with Gasteiger partial charge >= 0.3 is 5.69 Å². The summed E-state index contributed by atoms with van der Waals surface area (Å²) < 4.78 is 0. The molecule has 0 fully saturated rings. The van der Waals surface area contributed by atoms with Crippen LogP contribution in [0.25, 0.3) is 0 Å². The Labute approximate surface area is 133 Å². The standard InChI is InChI=1S/C16H17N3O4/c1-3-18(11(2)13-5-4-8-17-10-13)16(21)12-6-7-14(19(22)23)15(20)9-12/h4-11,20H,3H2,1-2H3. The second kappa shape index (κ2) is 6.87. The summed E-state index contributed by atoms with van der Waals surface area (Å²) in [6, 6.07) is 7.06. The van der Waals surface area contributed by atoms with Gasteiger partial charge in [-0.05, 0) is 37.6 Å². The van der Waals surface area contributed by atoms with Crippen LogP contribution in [0.2, 0.25) is 0 Å². The highest BCUT2D eigenvalue weighted by molar-refractivity contribution is 5.95. The van der Waals surface area contributed by atoms with E-state index in [1.54, 1.807) is 23.4 Å². The van der Waals surface area contributed by atoms with Gasteiger partial charge in [0.05, 0.1) is 11.0 Å². The number of hydrogen-bond donors (Lipinski definition) is 1. The van der Waals surface area contributed by atoms with Gasteiger partial charge in [-0.25, -0.2) is 0 Å². The highest BCUT2D eigenvalue weighted by atomic mass is 16.6. The van der Waals surface area contributed by atoms with Crippen LogP contribution in [-0.2, 0) is 0 Å². The van der Waals surface area contributed by atoms with E-state index in [-0.39, 0.29) is 17.5 Å². The van der Waals surface area contributed by atoms with Gasteiger partial charge in [-0.2, -0.15) is 0 Å². The molecule has 1 amide bonds. The lowest BCUT2D eigenvalue weighted by atomic mass is 10.1. The molecule has 2 aromatic rings. The lowest BCUT2D eigenvalue weighted by Crippen LogP contribution is -2.33. The molecule has 0 aliphatic rings. The maximum absolute atomic E-state index is 12.6. The maximum Gasteiger partial charge on any atom is 0.310 e. The van der Waals surface area contributed by atoms with Crippen molar-refractivity contribution in [3.8, 4) is 5.75 Å². The van der Waals surface area contributed by atoms with Crippen LogP contribution in [-0.4, -0.2) is 32.4 Å². The predicted octanol–water partition coefficient (Wildman–Crippen LogP) is 2.92. The Balaban J connectivity index is 2.30. The summed E-state index contributed by atoms with van der Waals surface area (Å²) in [7, 11) is 0. The molecular weight excluding hydrogens is 298 g/mol. The minimum absolute atomic E-state index is 0.200. The molecule has 7 nitrogen and oxygen atoms in total. The van der Waals surface area contributed by atoms with E-state index in [1.165, 1.54) is 6.07 Å². The first kappa shape index (κ1) is 16.4. The number of nitrogens with zero attached hydrogens (tertiary/aromatic N) is 3. The first-order chi connectivity index (χ1) is 11.0. The number of nitro groups is 1. The number of hydrogen-bond acceptors (Lipinski definition) is 5. The molecule has 1 aromatic heterocycles. The molecule has 0 saturated carbocycles. The fraction of sp³-hybridized carbons (Fsp3) is 0.250. The number of pyridine rings is 1. The average molecular weight is 315 g/mol. The summed E-state index contributed by atoms with van der Waals surface area (Å²) in [4.78, 5) is 28.3. The first-order valence-electron chi connectivity index (χ1n) is 7.14. The fourth-order valence-electron chi connectivity index (χ4n) is 2.37. The topological polar surface area (TPSA) is 96.6 Å². The van der Waals surface area contributed by atoms with Crippen molar-refractivity contribution in [2.24, 2.45) is 0 Å². The van der Waals surface area contributed by atoms with Crippen LogP contribution in [0.15, 0.2) is 42.7 Å². The number of amides is 1. The van der Waals surface area contributed by atoms with E-state index in [9.17, 15) is 20.0 Å².